The Balaban J connectivity index is 1.65. The van der Waals surface area contributed by atoms with Crippen LogP contribution in [0.5, 0.6) is 0 Å². The van der Waals surface area contributed by atoms with E-state index in [2.05, 4.69) is 53.7 Å². The summed E-state index contributed by atoms with van der Waals surface area (Å²) in [4.78, 5) is 0. The largest absolute Gasteiger partial charge is 0.393 e. The second kappa shape index (κ2) is 8.87. The first-order valence-electron chi connectivity index (χ1n) is 13.5. The van der Waals surface area contributed by atoms with Crippen LogP contribution in [0.2, 0.25) is 0 Å². The summed E-state index contributed by atoms with van der Waals surface area (Å²) in [5.74, 6) is 1.28. The molecule has 4 aliphatic rings. The molecule has 0 bridgehead atoms. The van der Waals surface area contributed by atoms with E-state index in [0.717, 1.165) is 44.9 Å². The highest BCUT2D eigenvalue weighted by atomic mass is 16.3. The molecule has 0 heterocycles. The smallest absolute Gasteiger partial charge is 0.0663 e. The summed E-state index contributed by atoms with van der Waals surface area (Å²) in [7, 11) is 0. The Hall–Kier alpha value is -0.940. The number of hydrogen-bond acceptors (Lipinski definition) is 4. The van der Waals surface area contributed by atoms with Gasteiger partial charge in [-0.2, -0.15) is 0 Å². The fourth-order valence-corrected chi connectivity index (χ4v) is 8.87. The van der Waals surface area contributed by atoms with Crippen molar-refractivity contribution in [3.8, 4) is 0 Å². The van der Waals surface area contributed by atoms with E-state index in [0.29, 0.717) is 23.3 Å². The molecule has 4 rings (SSSR count). The minimum Gasteiger partial charge on any atom is -0.393 e. The maximum Gasteiger partial charge on any atom is 0.0663 e. The third-order valence-corrected chi connectivity index (χ3v) is 11.5. The van der Waals surface area contributed by atoms with Crippen LogP contribution in [-0.2, 0) is 0 Å². The molecule has 0 aromatic carbocycles. The average Bonchev–Trinajstić information content (AvgIpc) is 3.01. The van der Waals surface area contributed by atoms with E-state index in [1.807, 2.05) is 6.08 Å². The van der Waals surface area contributed by atoms with Gasteiger partial charge in [-0.25, -0.2) is 0 Å². The van der Waals surface area contributed by atoms with Crippen LogP contribution in [0, 0.1) is 39.4 Å². The minimum atomic E-state index is -0.358. The number of aliphatic hydroxyl groups is 4. The molecule has 0 aliphatic heterocycles. The van der Waals surface area contributed by atoms with Crippen molar-refractivity contribution in [2.75, 3.05) is 13.2 Å². The molecule has 8 atom stereocenters. The lowest BCUT2D eigenvalue weighted by molar-refractivity contribution is -0.0872. The third kappa shape index (κ3) is 3.54. The summed E-state index contributed by atoms with van der Waals surface area (Å²) < 4.78 is 0. The summed E-state index contributed by atoms with van der Waals surface area (Å²) in [6.45, 7) is 13.8. The molecule has 34 heavy (non-hydrogen) atoms. The van der Waals surface area contributed by atoms with Crippen molar-refractivity contribution < 1.29 is 20.4 Å². The molecule has 4 nitrogen and oxygen atoms in total. The fourth-order valence-electron chi connectivity index (χ4n) is 8.87. The molecule has 0 aromatic heterocycles. The van der Waals surface area contributed by atoms with E-state index >= 15 is 0 Å². The Morgan fingerprint density at radius 3 is 2.35 bits per heavy atom. The highest BCUT2D eigenvalue weighted by molar-refractivity contribution is 5.50. The lowest BCUT2D eigenvalue weighted by atomic mass is 9.44. The van der Waals surface area contributed by atoms with Crippen molar-refractivity contribution >= 4 is 0 Å². The molecule has 2 fully saturated rings. The lowest BCUT2D eigenvalue weighted by Crippen LogP contribution is -2.55. The lowest BCUT2D eigenvalue weighted by Gasteiger charge is -2.61. The maximum atomic E-state index is 11.6. The van der Waals surface area contributed by atoms with Gasteiger partial charge in [0, 0.05) is 5.41 Å². The quantitative estimate of drug-likeness (QED) is 0.402. The molecule has 0 radical (unpaired) electrons. The van der Waals surface area contributed by atoms with Gasteiger partial charge in [-0.1, -0.05) is 59.8 Å². The number of aliphatic hydroxyl groups excluding tert-OH is 4. The standard InChI is InChI=1S/C30H48O4/c1-19(8-7-9-20(17-31)18-32)23-16-26(34)30(6)22-10-11-24-27(2,3)25(33)13-14-28(24,4)21(22)12-15-29(23,30)5/h9-10,12,19,23-26,31-34H,7-8,11,13-18H2,1-6H3. The van der Waals surface area contributed by atoms with Crippen molar-refractivity contribution in [3.05, 3.63) is 34.9 Å². The van der Waals surface area contributed by atoms with Gasteiger partial charge in [0.15, 0.2) is 0 Å². The van der Waals surface area contributed by atoms with Gasteiger partial charge < -0.3 is 20.4 Å². The average molecular weight is 473 g/mol. The van der Waals surface area contributed by atoms with Crippen molar-refractivity contribution in [2.45, 2.75) is 98.7 Å². The van der Waals surface area contributed by atoms with Crippen LogP contribution in [0.1, 0.15) is 86.5 Å². The van der Waals surface area contributed by atoms with Crippen LogP contribution < -0.4 is 0 Å². The van der Waals surface area contributed by atoms with E-state index in [9.17, 15) is 20.4 Å². The zero-order valence-electron chi connectivity index (χ0n) is 22.3. The van der Waals surface area contributed by atoms with Crippen LogP contribution >= 0.6 is 0 Å². The first-order chi connectivity index (χ1) is 15.9. The van der Waals surface area contributed by atoms with E-state index < -0.39 is 0 Å². The Bertz CT molecular complexity index is 878. The molecule has 4 N–H and O–H groups in total. The van der Waals surface area contributed by atoms with Gasteiger partial charge in [-0.05, 0) is 95.7 Å². The molecule has 0 spiro atoms. The predicted molar refractivity (Wildman–Crippen MR) is 137 cm³/mol. The first kappa shape index (κ1) is 26.1. The molecule has 4 heteroatoms. The summed E-state index contributed by atoms with van der Waals surface area (Å²) in [5, 5.41) is 41.1. The van der Waals surface area contributed by atoms with Crippen molar-refractivity contribution in [1.29, 1.82) is 0 Å². The molecule has 0 amide bonds. The molecule has 0 aromatic rings. The second-order valence-corrected chi connectivity index (χ2v) is 13.2. The minimum absolute atomic E-state index is 0.00539. The molecular formula is C30H48O4. The highest BCUT2D eigenvalue weighted by Gasteiger charge is 2.66. The predicted octanol–water partition coefficient (Wildman–Crippen LogP) is 5.17. The molecule has 0 saturated heterocycles. The van der Waals surface area contributed by atoms with Gasteiger partial charge in [0.2, 0.25) is 0 Å². The second-order valence-electron chi connectivity index (χ2n) is 13.2. The number of rotatable bonds is 6. The summed E-state index contributed by atoms with van der Waals surface area (Å²) in [6, 6.07) is 0. The maximum absolute atomic E-state index is 11.6. The molecule has 8 unspecified atom stereocenters. The van der Waals surface area contributed by atoms with Gasteiger partial charge in [-0.3, -0.25) is 0 Å². The number of allylic oxidation sites excluding steroid dienone is 4. The van der Waals surface area contributed by atoms with E-state index in [4.69, 9.17) is 0 Å². The molecular weight excluding hydrogens is 424 g/mol. The van der Waals surface area contributed by atoms with Crippen molar-refractivity contribution in [2.24, 2.45) is 39.4 Å². The molecule has 192 valence electrons. The van der Waals surface area contributed by atoms with Crippen molar-refractivity contribution in [3.63, 3.8) is 0 Å². The van der Waals surface area contributed by atoms with Crippen LogP contribution in [-0.4, -0.2) is 45.8 Å². The van der Waals surface area contributed by atoms with E-state index in [1.54, 1.807) is 0 Å². The topological polar surface area (TPSA) is 80.9 Å². The van der Waals surface area contributed by atoms with E-state index in [1.165, 1.54) is 11.1 Å². The number of hydrogen-bond donors (Lipinski definition) is 4. The molecule has 4 aliphatic carbocycles. The Labute approximate surface area is 206 Å². The van der Waals surface area contributed by atoms with Crippen LogP contribution in [0.3, 0.4) is 0 Å². The number of fused-ring (bicyclic) bond motifs is 5. The van der Waals surface area contributed by atoms with Crippen molar-refractivity contribution in [1.82, 2.24) is 0 Å². The first-order valence-corrected chi connectivity index (χ1v) is 13.5. The highest BCUT2D eigenvalue weighted by Crippen LogP contribution is 2.71. The normalized spacial score (nSPS) is 43.7. The summed E-state index contributed by atoms with van der Waals surface area (Å²) in [6.07, 6.45) is 12.8. The fraction of sp³-hybridized carbons (Fsp3) is 0.800. The van der Waals surface area contributed by atoms with Gasteiger partial charge in [0.25, 0.3) is 0 Å². The third-order valence-electron chi connectivity index (χ3n) is 11.5. The van der Waals surface area contributed by atoms with Crippen LogP contribution in [0.15, 0.2) is 34.9 Å². The Morgan fingerprint density at radius 2 is 1.71 bits per heavy atom. The summed E-state index contributed by atoms with van der Waals surface area (Å²) >= 11 is 0. The monoisotopic (exact) mass is 472 g/mol. The SMILES string of the molecule is CC(CCC=C(CO)CO)C1CC(O)C2(C)C3=CCC4C(C)(CCC(O)C4(C)C)C3=CCC12C. The van der Waals surface area contributed by atoms with Crippen LogP contribution in [0.4, 0.5) is 0 Å². The van der Waals surface area contributed by atoms with Gasteiger partial charge in [-0.15, -0.1) is 0 Å². The van der Waals surface area contributed by atoms with Crippen LogP contribution in [0.25, 0.3) is 0 Å². The Kier molecular flexibility index (Phi) is 6.82. The van der Waals surface area contributed by atoms with Gasteiger partial charge >= 0.3 is 0 Å². The van der Waals surface area contributed by atoms with Gasteiger partial charge in [0.05, 0.1) is 25.4 Å². The van der Waals surface area contributed by atoms with E-state index in [-0.39, 0.29) is 47.1 Å². The zero-order valence-corrected chi connectivity index (χ0v) is 22.3. The Morgan fingerprint density at radius 1 is 1.03 bits per heavy atom. The zero-order chi connectivity index (χ0) is 25.1. The van der Waals surface area contributed by atoms with Gasteiger partial charge in [0.1, 0.15) is 0 Å². The summed E-state index contributed by atoms with van der Waals surface area (Å²) in [5.41, 5.74) is 3.20. The molecule has 2 saturated carbocycles.